The minimum absolute atomic E-state index is 0.0418. The topological polar surface area (TPSA) is 70.5 Å². The molecule has 0 aromatic heterocycles. The van der Waals surface area contributed by atoms with Crippen LogP contribution in [0.4, 0.5) is 0 Å². The van der Waals surface area contributed by atoms with Crippen molar-refractivity contribution in [2.75, 3.05) is 13.1 Å². The summed E-state index contributed by atoms with van der Waals surface area (Å²) in [5.74, 6) is 0.961. The molecule has 2 aromatic carbocycles. The fourth-order valence-corrected chi connectivity index (χ4v) is 4.72. The number of rotatable bonds is 12. The van der Waals surface area contributed by atoms with Crippen LogP contribution in [0.5, 0.6) is 11.5 Å². The average molecular weight is 536 g/mol. The van der Waals surface area contributed by atoms with E-state index < -0.39 is 5.41 Å². The SMILES string of the molecule is CC(CCCN)Oc1c(Cl)cc(C(C)(C)c2cc(Cl)c(OC(C)CCCN)c(Cl)c2)cc1Cl. The summed E-state index contributed by atoms with van der Waals surface area (Å²) >= 11 is 26.3. The predicted octanol–water partition coefficient (Wildman–Crippen LogP) is 7.64. The molecule has 33 heavy (non-hydrogen) atoms. The highest BCUT2D eigenvalue weighted by Crippen LogP contribution is 2.44. The van der Waals surface area contributed by atoms with Crippen LogP contribution in [0.25, 0.3) is 0 Å². The van der Waals surface area contributed by atoms with E-state index in [4.69, 9.17) is 67.3 Å². The maximum Gasteiger partial charge on any atom is 0.156 e. The predicted molar refractivity (Wildman–Crippen MR) is 142 cm³/mol. The van der Waals surface area contributed by atoms with E-state index in [1.807, 2.05) is 38.1 Å². The lowest BCUT2D eigenvalue weighted by molar-refractivity contribution is 0.209. The highest BCUT2D eigenvalue weighted by atomic mass is 35.5. The van der Waals surface area contributed by atoms with Gasteiger partial charge in [-0.05, 0) is 88.0 Å². The number of hydrogen-bond donors (Lipinski definition) is 2. The van der Waals surface area contributed by atoms with E-state index in [9.17, 15) is 0 Å². The first kappa shape index (κ1) is 28.4. The van der Waals surface area contributed by atoms with Crippen molar-refractivity contribution in [3.63, 3.8) is 0 Å². The maximum absolute atomic E-state index is 6.58. The Hall–Kier alpha value is -0.880. The van der Waals surface area contributed by atoms with Gasteiger partial charge < -0.3 is 20.9 Å². The minimum atomic E-state index is -0.478. The van der Waals surface area contributed by atoms with Gasteiger partial charge in [0, 0.05) is 5.41 Å². The molecule has 2 atom stereocenters. The van der Waals surface area contributed by atoms with E-state index in [0.29, 0.717) is 44.7 Å². The standard InChI is InChI=1S/C25H34Cl4N2O2/c1-15(7-5-9-30)32-23-19(26)11-17(12-20(23)27)25(3,4)18-13-21(28)24(22(29)14-18)33-16(2)8-6-10-31/h11-16H,5-10,30-31H2,1-4H3. The third-order valence-corrected chi connectivity index (χ3v) is 6.83. The highest BCUT2D eigenvalue weighted by molar-refractivity contribution is 6.38. The van der Waals surface area contributed by atoms with Crippen LogP contribution < -0.4 is 20.9 Å². The lowest BCUT2D eigenvalue weighted by atomic mass is 9.78. The van der Waals surface area contributed by atoms with Crippen molar-refractivity contribution in [2.45, 2.75) is 71.0 Å². The van der Waals surface area contributed by atoms with Gasteiger partial charge in [-0.15, -0.1) is 0 Å². The number of nitrogens with two attached hydrogens (primary N) is 2. The van der Waals surface area contributed by atoms with E-state index in [1.54, 1.807) is 0 Å². The molecule has 0 aliphatic carbocycles. The second-order valence-corrected chi connectivity index (χ2v) is 10.5. The Kier molecular flexibility index (Phi) is 10.9. The van der Waals surface area contributed by atoms with Gasteiger partial charge in [0.05, 0.1) is 32.3 Å². The van der Waals surface area contributed by atoms with E-state index in [-0.39, 0.29) is 12.2 Å². The molecular formula is C25H34Cl4N2O2. The van der Waals surface area contributed by atoms with Gasteiger partial charge in [-0.2, -0.15) is 0 Å². The quantitative estimate of drug-likeness (QED) is 0.293. The summed E-state index contributed by atoms with van der Waals surface area (Å²) in [5.41, 5.74) is 12.5. The number of benzene rings is 2. The average Bonchev–Trinajstić information content (AvgIpc) is 2.75. The lowest BCUT2D eigenvalue weighted by Gasteiger charge is -2.29. The van der Waals surface area contributed by atoms with Crippen molar-refractivity contribution >= 4 is 46.4 Å². The number of hydrogen-bond acceptors (Lipinski definition) is 4. The molecule has 184 valence electrons. The van der Waals surface area contributed by atoms with Gasteiger partial charge in [-0.1, -0.05) is 60.3 Å². The summed E-state index contributed by atoms with van der Waals surface area (Å²) in [4.78, 5) is 0. The molecule has 4 nitrogen and oxygen atoms in total. The van der Waals surface area contributed by atoms with Crippen LogP contribution in [-0.4, -0.2) is 25.3 Å². The molecule has 0 aliphatic heterocycles. The van der Waals surface area contributed by atoms with Crippen LogP contribution in [0, 0.1) is 0 Å². The first-order valence-corrected chi connectivity index (χ1v) is 12.7. The summed E-state index contributed by atoms with van der Waals surface area (Å²) in [6.45, 7) is 9.31. The van der Waals surface area contributed by atoms with Crippen LogP contribution in [0.2, 0.25) is 20.1 Å². The molecule has 0 saturated carbocycles. The molecule has 0 saturated heterocycles. The van der Waals surface area contributed by atoms with Gasteiger partial charge in [0.15, 0.2) is 11.5 Å². The van der Waals surface area contributed by atoms with Crippen molar-refractivity contribution in [1.29, 1.82) is 0 Å². The molecule has 2 rings (SSSR count). The first-order valence-electron chi connectivity index (χ1n) is 11.2. The summed E-state index contributed by atoms with van der Waals surface area (Å²) < 4.78 is 12.0. The van der Waals surface area contributed by atoms with E-state index >= 15 is 0 Å². The normalized spacial score (nSPS) is 13.6. The van der Waals surface area contributed by atoms with Gasteiger partial charge in [0.1, 0.15) is 0 Å². The third-order valence-electron chi connectivity index (χ3n) is 5.71. The Morgan fingerprint density at radius 3 is 1.27 bits per heavy atom. The fourth-order valence-electron chi connectivity index (χ4n) is 3.56. The molecule has 8 heteroatoms. The zero-order valence-corrected chi connectivity index (χ0v) is 22.7. The van der Waals surface area contributed by atoms with Crippen LogP contribution in [-0.2, 0) is 5.41 Å². The van der Waals surface area contributed by atoms with Gasteiger partial charge >= 0.3 is 0 Å². The Morgan fingerprint density at radius 2 is 1.00 bits per heavy atom. The van der Waals surface area contributed by atoms with Gasteiger partial charge in [0.25, 0.3) is 0 Å². The zero-order valence-electron chi connectivity index (χ0n) is 19.7. The third kappa shape index (κ3) is 7.55. The lowest BCUT2D eigenvalue weighted by Crippen LogP contribution is -2.20. The van der Waals surface area contributed by atoms with Crippen molar-refractivity contribution in [3.8, 4) is 11.5 Å². The molecule has 0 aliphatic rings. The van der Waals surface area contributed by atoms with Crippen molar-refractivity contribution in [1.82, 2.24) is 0 Å². The van der Waals surface area contributed by atoms with Crippen LogP contribution in [0.15, 0.2) is 24.3 Å². The summed E-state index contributed by atoms with van der Waals surface area (Å²) in [5, 5.41) is 1.82. The molecule has 0 amide bonds. The molecule has 0 heterocycles. The van der Waals surface area contributed by atoms with Gasteiger partial charge in [-0.25, -0.2) is 0 Å². The molecule has 0 bridgehead atoms. The molecule has 2 unspecified atom stereocenters. The van der Waals surface area contributed by atoms with Gasteiger partial charge in [0.2, 0.25) is 0 Å². The minimum Gasteiger partial charge on any atom is -0.488 e. The molecular weight excluding hydrogens is 502 g/mol. The van der Waals surface area contributed by atoms with Gasteiger partial charge in [-0.3, -0.25) is 0 Å². The van der Waals surface area contributed by atoms with Crippen molar-refractivity contribution in [2.24, 2.45) is 11.5 Å². The Bertz CT molecular complexity index is 817. The van der Waals surface area contributed by atoms with E-state index in [0.717, 1.165) is 36.8 Å². The summed E-state index contributed by atoms with van der Waals surface area (Å²) in [6.07, 6.45) is 3.31. The first-order chi connectivity index (χ1) is 15.5. The second-order valence-electron chi connectivity index (χ2n) is 8.88. The maximum atomic E-state index is 6.58. The Balaban J connectivity index is 2.32. The summed E-state index contributed by atoms with van der Waals surface area (Å²) in [7, 11) is 0. The van der Waals surface area contributed by atoms with Crippen LogP contribution >= 0.6 is 46.4 Å². The van der Waals surface area contributed by atoms with E-state index in [1.165, 1.54) is 0 Å². The molecule has 4 N–H and O–H groups in total. The molecule has 0 radical (unpaired) electrons. The number of ether oxygens (including phenoxy) is 2. The van der Waals surface area contributed by atoms with E-state index in [2.05, 4.69) is 13.8 Å². The molecule has 0 spiro atoms. The largest absolute Gasteiger partial charge is 0.488 e. The highest BCUT2D eigenvalue weighted by Gasteiger charge is 2.28. The molecule has 2 aromatic rings. The van der Waals surface area contributed by atoms with Crippen molar-refractivity contribution < 1.29 is 9.47 Å². The monoisotopic (exact) mass is 534 g/mol. The second kappa shape index (κ2) is 12.7. The Morgan fingerprint density at radius 1 is 0.697 bits per heavy atom. The van der Waals surface area contributed by atoms with Crippen LogP contribution in [0.3, 0.4) is 0 Å². The number of halogens is 4. The smallest absolute Gasteiger partial charge is 0.156 e. The summed E-state index contributed by atoms with van der Waals surface area (Å²) in [6, 6.07) is 7.50. The van der Waals surface area contributed by atoms with Crippen LogP contribution in [0.1, 0.15) is 64.5 Å². The fraction of sp³-hybridized carbons (Fsp3) is 0.520. The zero-order chi connectivity index (χ0) is 24.8. The van der Waals surface area contributed by atoms with Crippen molar-refractivity contribution in [3.05, 3.63) is 55.5 Å². The molecule has 0 fully saturated rings. The Labute approximate surface area is 217 Å².